The van der Waals surface area contributed by atoms with Crippen LogP contribution in [0.1, 0.15) is 16.8 Å². The number of benzene rings is 2. The molecule has 2 aromatic rings. The molecule has 0 atom stereocenters. The standard InChI is InChI=1S/C19H17F3N2O4/c1-27-17(25)4-5-24-10-23-16-8-11(2-3-15(16)18(24)26)12-6-13(20)9-14(7-12)28-19(21)22/h2-3,6-9,19,23H,4-5,10H2,1H3. The summed E-state index contributed by atoms with van der Waals surface area (Å²) < 4.78 is 47.4. The zero-order valence-electron chi connectivity index (χ0n) is 14.9. The lowest BCUT2D eigenvalue weighted by atomic mass is 10.0. The maximum Gasteiger partial charge on any atom is 0.387 e. The highest BCUT2D eigenvalue weighted by atomic mass is 19.3. The fraction of sp³-hybridized carbons (Fsp3) is 0.263. The Balaban J connectivity index is 1.83. The molecule has 1 N–H and O–H groups in total. The molecule has 0 saturated heterocycles. The number of anilines is 1. The summed E-state index contributed by atoms with van der Waals surface area (Å²) in [6.07, 6.45) is 0.0769. The minimum absolute atomic E-state index is 0.0769. The van der Waals surface area contributed by atoms with Crippen molar-refractivity contribution >= 4 is 17.6 Å². The molecular formula is C19H17F3N2O4. The summed E-state index contributed by atoms with van der Waals surface area (Å²) in [4.78, 5) is 25.3. The van der Waals surface area contributed by atoms with E-state index in [1.165, 1.54) is 24.1 Å². The third-order valence-corrected chi connectivity index (χ3v) is 4.24. The molecule has 0 radical (unpaired) electrons. The molecule has 0 fully saturated rings. The second kappa shape index (κ2) is 8.20. The summed E-state index contributed by atoms with van der Waals surface area (Å²) in [5.74, 6) is -1.68. The topological polar surface area (TPSA) is 67.9 Å². The number of rotatable bonds is 6. The van der Waals surface area contributed by atoms with Crippen molar-refractivity contribution in [3.63, 3.8) is 0 Å². The van der Waals surface area contributed by atoms with Crippen LogP contribution in [0.3, 0.4) is 0 Å². The number of hydrogen-bond donors (Lipinski definition) is 1. The highest BCUT2D eigenvalue weighted by molar-refractivity contribution is 6.02. The van der Waals surface area contributed by atoms with Gasteiger partial charge in [-0.1, -0.05) is 6.07 Å². The molecule has 0 saturated carbocycles. The highest BCUT2D eigenvalue weighted by Gasteiger charge is 2.25. The monoisotopic (exact) mass is 394 g/mol. The van der Waals surface area contributed by atoms with Gasteiger partial charge in [0.05, 0.1) is 25.8 Å². The van der Waals surface area contributed by atoms with E-state index in [1.54, 1.807) is 18.2 Å². The number of amides is 1. The van der Waals surface area contributed by atoms with Gasteiger partial charge in [-0.25, -0.2) is 4.39 Å². The van der Waals surface area contributed by atoms with E-state index in [9.17, 15) is 22.8 Å². The van der Waals surface area contributed by atoms with Gasteiger partial charge in [0.2, 0.25) is 0 Å². The van der Waals surface area contributed by atoms with Gasteiger partial charge in [0.1, 0.15) is 11.6 Å². The lowest BCUT2D eigenvalue weighted by Crippen LogP contribution is -2.41. The Bertz CT molecular complexity index is 905. The van der Waals surface area contributed by atoms with Crippen LogP contribution in [0.4, 0.5) is 18.9 Å². The van der Waals surface area contributed by atoms with Gasteiger partial charge in [-0.15, -0.1) is 0 Å². The first-order valence-corrected chi connectivity index (χ1v) is 8.37. The molecule has 0 spiro atoms. The van der Waals surface area contributed by atoms with Gasteiger partial charge >= 0.3 is 12.6 Å². The van der Waals surface area contributed by atoms with E-state index in [0.29, 0.717) is 22.4 Å². The third-order valence-electron chi connectivity index (χ3n) is 4.24. The van der Waals surface area contributed by atoms with Crippen LogP contribution in [0.2, 0.25) is 0 Å². The maximum absolute atomic E-state index is 13.8. The van der Waals surface area contributed by atoms with Crippen molar-refractivity contribution in [2.45, 2.75) is 13.0 Å². The van der Waals surface area contributed by atoms with E-state index in [2.05, 4.69) is 14.8 Å². The van der Waals surface area contributed by atoms with Crippen molar-refractivity contribution in [2.24, 2.45) is 0 Å². The molecule has 0 bridgehead atoms. The number of carbonyl (C=O) groups excluding carboxylic acids is 2. The number of hydrogen-bond acceptors (Lipinski definition) is 5. The zero-order valence-corrected chi connectivity index (χ0v) is 14.9. The summed E-state index contributed by atoms with van der Waals surface area (Å²) >= 11 is 0. The Morgan fingerprint density at radius 2 is 2.00 bits per heavy atom. The number of alkyl halides is 2. The fourth-order valence-corrected chi connectivity index (χ4v) is 2.89. The predicted molar refractivity (Wildman–Crippen MR) is 94.6 cm³/mol. The van der Waals surface area contributed by atoms with Gasteiger partial charge in [-0.2, -0.15) is 8.78 Å². The molecule has 2 aromatic carbocycles. The van der Waals surface area contributed by atoms with Crippen LogP contribution in [-0.2, 0) is 9.53 Å². The Kier molecular flexibility index (Phi) is 5.72. The molecule has 148 valence electrons. The first-order chi connectivity index (χ1) is 13.4. The summed E-state index contributed by atoms with van der Waals surface area (Å²) in [5, 5.41) is 3.06. The van der Waals surface area contributed by atoms with E-state index in [4.69, 9.17) is 0 Å². The number of esters is 1. The van der Waals surface area contributed by atoms with E-state index in [1.807, 2.05) is 0 Å². The van der Waals surface area contributed by atoms with Crippen LogP contribution in [0, 0.1) is 5.82 Å². The molecule has 3 rings (SSSR count). The number of nitrogens with one attached hydrogen (secondary N) is 1. The molecular weight excluding hydrogens is 377 g/mol. The van der Waals surface area contributed by atoms with E-state index < -0.39 is 18.4 Å². The average molecular weight is 394 g/mol. The molecule has 1 aliphatic heterocycles. The van der Waals surface area contributed by atoms with Crippen LogP contribution in [-0.4, -0.2) is 43.7 Å². The lowest BCUT2D eigenvalue weighted by Gasteiger charge is -2.29. The molecule has 6 nitrogen and oxygen atoms in total. The molecule has 0 aromatic heterocycles. The Labute approximate surface area is 158 Å². The SMILES string of the molecule is COC(=O)CCN1CNc2cc(-c3cc(F)cc(OC(F)F)c3)ccc2C1=O. The van der Waals surface area contributed by atoms with Crippen molar-refractivity contribution in [1.29, 1.82) is 0 Å². The highest BCUT2D eigenvalue weighted by Crippen LogP contribution is 2.31. The molecule has 1 amide bonds. The normalized spacial score (nSPS) is 13.2. The average Bonchev–Trinajstić information content (AvgIpc) is 2.66. The second-order valence-corrected chi connectivity index (χ2v) is 6.04. The van der Waals surface area contributed by atoms with Crippen molar-refractivity contribution in [3.05, 3.63) is 47.8 Å². The van der Waals surface area contributed by atoms with Crippen LogP contribution < -0.4 is 10.1 Å². The summed E-state index contributed by atoms with van der Waals surface area (Å²) in [7, 11) is 1.28. The summed E-state index contributed by atoms with van der Waals surface area (Å²) in [5.41, 5.74) is 1.78. The van der Waals surface area contributed by atoms with Crippen molar-refractivity contribution in [2.75, 3.05) is 25.6 Å². The smallest absolute Gasteiger partial charge is 0.387 e. The number of carbonyl (C=O) groups is 2. The largest absolute Gasteiger partial charge is 0.469 e. The van der Waals surface area contributed by atoms with E-state index in [-0.39, 0.29) is 31.3 Å². The number of nitrogens with zero attached hydrogens (tertiary/aromatic N) is 1. The van der Waals surface area contributed by atoms with Gasteiger partial charge in [-0.05, 0) is 35.4 Å². The van der Waals surface area contributed by atoms with Gasteiger partial charge in [0, 0.05) is 18.3 Å². The van der Waals surface area contributed by atoms with Gasteiger partial charge in [0.25, 0.3) is 5.91 Å². The van der Waals surface area contributed by atoms with Crippen molar-refractivity contribution in [1.82, 2.24) is 4.90 Å². The first-order valence-electron chi connectivity index (χ1n) is 8.37. The molecule has 0 unspecified atom stereocenters. The number of ether oxygens (including phenoxy) is 2. The second-order valence-electron chi connectivity index (χ2n) is 6.04. The van der Waals surface area contributed by atoms with E-state index >= 15 is 0 Å². The quantitative estimate of drug-likeness (QED) is 0.760. The van der Waals surface area contributed by atoms with Crippen LogP contribution >= 0.6 is 0 Å². The Morgan fingerprint density at radius 3 is 2.71 bits per heavy atom. The van der Waals surface area contributed by atoms with Crippen LogP contribution in [0.15, 0.2) is 36.4 Å². The van der Waals surface area contributed by atoms with Crippen LogP contribution in [0.5, 0.6) is 5.75 Å². The fourth-order valence-electron chi connectivity index (χ4n) is 2.89. The Morgan fingerprint density at radius 1 is 1.21 bits per heavy atom. The van der Waals surface area contributed by atoms with E-state index in [0.717, 1.165) is 6.07 Å². The lowest BCUT2D eigenvalue weighted by molar-refractivity contribution is -0.140. The maximum atomic E-state index is 13.8. The Hall–Kier alpha value is -3.23. The van der Waals surface area contributed by atoms with Crippen molar-refractivity contribution in [3.8, 4) is 16.9 Å². The van der Waals surface area contributed by atoms with Gasteiger partial charge < -0.3 is 19.7 Å². The number of methoxy groups -OCH3 is 1. The molecule has 28 heavy (non-hydrogen) atoms. The third kappa shape index (κ3) is 4.36. The van der Waals surface area contributed by atoms with Crippen molar-refractivity contribution < 1.29 is 32.2 Å². The van der Waals surface area contributed by atoms with Gasteiger partial charge in [0.15, 0.2) is 0 Å². The summed E-state index contributed by atoms with van der Waals surface area (Å²) in [6, 6.07) is 8.13. The summed E-state index contributed by atoms with van der Waals surface area (Å²) in [6.45, 7) is -2.67. The zero-order chi connectivity index (χ0) is 20.3. The molecule has 9 heteroatoms. The minimum Gasteiger partial charge on any atom is -0.469 e. The number of halogens is 3. The molecule has 1 aliphatic rings. The molecule has 1 heterocycles. The van der Waals surface area contributed by atoms with Crippen LogP contribution in [0.25, 0.3) is 11.1 Å². The molecule has 0 aliphatic carbocycles. The number of fused-ring (bicyclic) bond motifs is 1. The predicted octanol–water partition coefficient (Wildman–Crippen LogP) is 3.48. The first kappa shape index (κ1) is 19.5. The minimum atomic E-state index is -3.06. The van der Waals surface area contributed by atoms with Gasteiger partial charge in [-0.3, -0.25) is 9.59 Å².